The molecule has 1 unspecified atom stereocenters. The van der Waals surface area contributed by atoms with E-state index in [0.717, 1.165) is 17.7 Å². The van der Waals surface area contributed by atoms with Crippen molar-refractivity contribution in [2.24, 2.45) is 0 Å². The highest BCUT2D eigenvalue weighted by atomic mass is 35.5. The van der Waals surface area contributed by atoms with Crippen molar-refractivity contribution in [2.45, 2.75) is 25.9 Å². The summed E-state index contributed by atoms with van der Waals surface area (Å²) in [5.74, 6) is 0. The first-order chi connectivity index (χ1) is 9.58. The molecule has 0 radical (unpaired) electrons. The summed E-state index contributed by atoms with van der Waals surface area (Å²) >= 11 is 12.3. The molecule has 0 aromatic carbocycles. The molecule has 0 aliphatic carbocycles. The average Bonchev–Trinajstić information content (AvgIpc) is 2.44. The van der Waals surface area contributed by atoms with Crippen molar-refractivity contribution in [1.82, 2.24) is 19.9 Å². The lowest BCUT2D eigenvalue weighted by atomic mass is 10.1. The van der Waals surface area contributed by atoms with E-state index >= 15 is 0 Å². The van der Waals surface area contributed by atoms with Gasteiger partial charge >= 0.3 is 0 Å². The molecule has 0 bridgehead atoms. The Morgan fingerprint density at radius 1 is 1.10 bits per heavy atom. The summed E-state index contributed by atoms with van der Waals surface area (Å²) < 4.78 is 0. The molecule has 2 rings (SSSR count). The van der Waals surface area contributed by atoms with E-state index < -0.39 is 0 Å². The lowest BCUT2D eigenvalue weighted by molar-refractivity contribution is 0.247. The molecule has 1 atom stereocenters. The van der Waals surface area contributed by atoms with Crippen LogP contribution >= 0.6 is 23.2 Å². The highest BCUT2D eigenvalue weighted by Gasteiger charge is 2.15. The summed E-state index contributed by atoms with van der Waals surface area (Å²) in [5, 5.41) is 1.19. The highest BCUT2D eigenvalue weighted by Crippen LogP contribution is 2.24. The second-order valence-corrected chi connectivity index (χ2v) is 5.56. The molecule has 0 aliphatic heterocycles. The third-order valence-corrected chi connectivity index (χ3v) is 3.88. The first kappa shape index (κ1) is 15.2. The van der Waals surface area contributed by atoms with Crippen LogP contribution in [0.5, 0.6) is 0 Å². The fourth-order valence-corrected chi connectivity index (χ4v) is 2.37. The molecule has 6 heteroatoms. The van der Waals surface area contributed by atoms with Gasteiger partial charge in [-0.2, -0.15) is 0 Å². The Morgan fingerprint density at radius 2 is 1.80 bits per heavy atom. The summed E-state index contributed by atoms with van der Waals surface area (Å²) in [6.45, 7) is 2.80. The maximum atomic E-state index is 6.14. The van der Waals surface area contributed by atoms with Crippen molar-refractivity contribution in [1.29, 1.82) is 0 Å². The van der Waals surface area contributed by atoms with Gasteiger partial charge in [-0.25, -0.2) is 0 Å². The molecular formula is C14H16Cl2N4. The van der Waals surface area contributed by atoms with Gasteiger partial charge < -0.3 is 0 Å². The van der Waals surface area contributed by atoms with Gasteiger partial charge in [0, 0.05) is 55.6 Å². The molecule has 2 aromatic rings. The van der Waals surface area contributed by atoms with E-state index in [0.29, 0.717) is 22.6 Å². The van der Waals surface area contributed by atoms with Crippen molar-refractivity contribution >= 4 is 23.2 Å². The first-order valence-electron chi connectivity index (χ1n) is 6.31. The maximum Gasteiger partial charge on any atom is 0.0649 e. The number of nitrogens with zero attached hydrogens (tertiary/aromatic N) is 4. The number of hydrogen-bond donors (Lipinski definition) is 0. The van der Waals surface area contributed by atoms with Crippen molar-refractivity contribution in [3.05, 3.63) is 52.3 Å². The lowest BCUT2D eigenvalue weighted by Gasteiger charge is -2.25. The van der Waals surface area contributed by atoms with Crippen LogP contribution in [0, 0.1) is 0 Å². The summed E-state index contributed by atoms with van der Waals surface area (Å²) in [5.41, 5.74) is 1.87. The molecule has 0 spiro atoms. The van der Waals surface area contributed by atoms with Crippen LogP contribution in [0.15, 0.2) is 31.0 Å². The number of rotatable bonds is 5. The summed E-state index contributed by atoms with van der Waals surface area (Å²) in [6.07, 6.45) is 9.22. The Morgan fingerprint density at radius 3 is 2.40 bits per heavy atom. The predicted molar refractivity (Wildman–Crippen MR) is 80.9 cm³/mol. The fraction of sp³-hybridized carbons (Fsp3) is 0.357. The SMILES string of the molecule is CC(Cc1cnccn1)N(C)Cc1c(Cl)cncc1Cl. The minimum atomic E-state index is 0.298. The third kappa shape index (κ3) is 3.88. The minimum absolute atomic E-state index is 0.298. The largest absolute Gasteiger partial charge is 0.299 e. The second-order valence-electron chi connectivity index (χ2n) is 4.75. The predicted octanol–water partition coefficient (Wildman–Crippen LogP) is 3.24. The molecule has 0 fully saturated rings. The highest BCUT2D eigenvalue weighted by molar-refractivity contribution is 6.35. The van der Waals surface area contributed by atoms with Crippen LogP contribution < -0.4 is 0 Å². The molecule has 0 saturated heterocycles. The van der Waals surface area contributed by atoms with Crippen molar-refractivity contribution in [3.8, 4) is 0 Å². The van der Waals surface area contributed by atoms with Gasteiger partial charge in [-0.1, -0.05) is 23.2 Å². The van der Waals surface area contributed by atoms with Crippen molar-refractivity contribution in [3.63, 3.8) is 0 Å². The Kier molecular flexibility index (Phi) is 5.29. The average molecular weight is 311 g/mol. The Bertz CT molecular complexity index is 542. The number of likely N-dealkylation sites (N-methyl/N-ethyl adjacent to an activating group) is 1. The molecule has 4 nitrogen and oxygen atoms in total. The molecule has 0 saturated carbocycles. The summed E-state index contributed by atoms with van der Waals surface area (Å²) in [4.78, 5) is 14.5. The topological polar surface area (TPSA) is 41.9 Å². The molecule has 20 heavy (non-hydrogen) atoms. The number of halogens is 2. The Balaban J connectivity index is 2.02. The Hall–Kier alpha value is -1.23. The normalized spacial score (nSPS) is 12.7. The van der Waals surface area contributed by atoms with E-state index in [9.17, 15) is 0 Å². The maximum absolute atomic E-state index is 6.14. The first-order valence-corrected chi connectivity index (χ1v) is 7.06. The van der Waals surface area contributed by atoms with Gasteiger partial charge in [0.2, 0.25) is 0 Å². The monoisotopic (exact) mass is 310 g/mol. The summed E-state index contributed by atoms with van der Waals surface area (Å²) in [7, 11) is 2.04. The standard InChI is InChI=1S/C14H16Cl2N4/c1-10(5-11-6-17-3-4-19-11)20(2)9-12-13(15)7-18-8-14(12)16/h3-4,6-8,10H,5,9H2,1-2H3. The van der Waals surface area contributed by atoms with E-state index in [1.807, 2.05) is 7.05 Å². The number of hydrogen-bond acceptors (Lipinski definition) is 4. The van der Waals surface area contributed by atoms with Gasteiger partial charge in [0.05, 0.1) is 15.7 Å². The van der Waals surface area contributed by atoms with Crippen LogP contribution in [0.25, 0.3) is 0 Å². The van der Waals surface area contributed by atoms with Gasteiger partial charge in [-0.3, -0.25) is 19.9 Å². The Labute approximate surface area is 128 Å². The van der Waals surface area contributed by atoms with Crippen LogP contribution in [0.2, 0.25) is 10.0 Å². The molecule has 0 N–H and O–H groups in total. The number of aromatic nitrogens is 3. The van der Waals surface area contributed by atoms with Gasteiger partial charge in [0.25, 0.3) is 0 Å². The lowest BCUT2D eigenvalue weighted by Crippen LogP contribution is -2.31. The second kappa shape index (κ2) is 6.97. The molecular weight excluding hydrogens is 295 g/mol. The van der Waals surface area contributed by atoms with Crippen molar-refractivity contribution in [2.75, 3.05) is 7.05 Å². The van der Waals surface area contributed by atoms with Crippen LogP contribution in [0.3, 0.4) is 0 Å². The van der Waals surface area contributed by atoms with Crippen LogP contribution in [-0.4, -0.2) is 32.9 Å². The van der Waals surface area contributed by atoms with E-state index in [-0.39, 0.29) is 0 Å². The molecule has 0 amide bonds. The van der Waals surface area contributed by atoms with Gasteiger partial charge in [-0.05, 0) is 14.0 Å². The quantitative estimate of drug-likeness (QED) is 0.850. The fourth-order valence-electron chi connectivity index (χ4n) is 1.89. The minimum Gasteiger partial charge on any atom is -0.299 e. The molecule has 106 valence electrons. The van der Waals surface area contributed by atoms with Gasteiger partial charge in [-0.15, -0.1) is 0 Å². The van der Waals surface area contributed by atoms with E-state index in [1.54, 1.807) is 31.0 Å². The number of pyridine rings is 1. The van der Waals surface area contributed by atoms with E-state index in [1.165, 1.54) is 0 Å². The third-order valence-electron chi connectivity index (χ3n) is 3.23. The molecule has 2 aromatic heterocycles. The summed E-state index contributed by atoms with van der Waals surface area (Å²) in [6, 6.07) is 0.298. The zero-order chi connectivity index (χ0) is 14.5. The smallest absolute Gasteiger partial charge is 0.0649 e. The van der Waals surface area contributed by atoms with Gasteiger partial charge in [0.1, 0.15) is 0 Å². The van der Waals surface area contributed by atoms with E-state index in [4.69, 9.17) is 23.2 Å². The van der Waals surface area contributed by atoms with Crippen LogP contribution in [0.1, 0.15) is 18.2 Å². The van der Waals surface area contributed by atoms with E-state index in [2.05, 4.69) is 26.8 Å². The van der Waals surface area contributed by atoms with Crippen molar-refractivity contribution < 1.29 is 0 Å². The van der Waals surface area contributed by atoms with Crippen LogP contribution in [-0.2, 0) is 13.0 Å². The molecule has 0 aliphatic rings. The zero-order valence-electron chi connectivity index (χ0n) is 11.4. The zero-order valence-corrected chi connectivity index (χ0v) is 12.9. The molecule has 2 heterocycles. The van der Waals surface area contributed by atoms with Crippen LogP contribution in [0.4, 0.5) is 0 Å². The van der Waals surface area contributed by atoms with Gasteiger partial charge in [0.15, 0.2) is 0 Å².